The number of hydrogen-bond donors (Lipinski definition) is 1. The maximum absolute atomic E-state index is 11.4. The van der Waals surface area contributed by atoms with Gasteiger partial charge in [-0.05, 0) is 11.0 Å². The predicted molar refractivity (Wildman–Crippen MR) is 62.0 cm³/mol. The highest BCUT2D eigenvalue weighted by Gasteiger charge is 2.42. The van der Waals surface area contributed by atoms with Crippen LogP contribution in [0.25, 0.3) is 0 Å². The molecule has 0 aliphatic carbocycles. The van der Waals surface area contributed by atoms with Crippen LogP contribution in [0.5, 0.6) is 0 Å². The molecule has 2 rings (SSSR count). The van der Waals surface area contributed by atoms with Crippen LogP contribution >= 0.6 is 0 Å². The van der Waals surface area contributed by atoms with E-state index in [9.17, 15) is 4.79 Å². The summed E-state index contributed by atoms with van der Waals surface area (Å²) in [7, 11) is 0. The Morgan fingerprint density at radius 1 is 1.19 bits per heavy atom. The summed E-state index contributed by atoms with van der Waals surface area (Å²) in [5.74, 6) is 0. The molecule has 0 radical (unpaired) electrons. The van der Waals surface area contributed by atoms with Crippen LogP contribution in [0.2, 0.25) is 0 Å². The Balaban J connectivity index is 2.30. The van der Waals surface area contributed by atoms with Crippen LogP contribution in [-0.2, 0) is 4.74 Å². The number of rotatable bonds is 1. The average molecular weight is 219 g/mol. The van der Waals surface area contributed by atoms with Crippen molar-refractivity contribution in [3.05, 3.63) is 35.9 Å². The fourth-order valence-electron chi connectivity index (χ4n) is 1.99. The lowest BCUT2D eigenvalue weighted by atomic mass is 9.82. The number of ether oxygens (including phenoxy) is 1. The zero-order chi connectivity index (χ0) is 11.8. The SMILES string of the molecule is CC(C)(C)[C@@H]1NC(=O)O[C@H]1c1ccccc1. The molecule has 1 heterocycles. The molecule has 16 heavy (non-hydrogen) atoms. The third-order valence-electron chi connectivity index (χ3n) is 2.87. The average Bonchev–Trinajstić information content (AvgIpc) is 2.61. The fraction of sp³-hybridized carbons (Fsp3) is 0.462. The van der Waals surface area contributed by atoms with E-state index in [0.29, 0.717) is 0 Å². The molecular weight excluding hydrogens is 202 g/mol. The summed E-state index contributed by atoms with van der Waals surface area (Å²) in [5, 5.41) is 2.88. The lowest BCUT2D eigenvalue weighted by Gasteiger charge is -2.29. The number of cyclic esters (lactones) is 1. The summed E-state index contributed by atoms with van der Waals surface area (Å²) in [6, 6.07) is 9.87. The number of carbonyl (C=O) groups is 1. The topological polar surface area (TPSA) is 38.3 Å². The molecule has 86 valence electrons. The van der Waals surface area contributed by atoms with Gasteiger partial charge >= 0.3 is 6.09 Å². The van der Waals surface area contributed by atoms with Gasteiger partial charge in [0.1, 0.15) is 6.10 Å². The van der Waals surface area contributed by atoms with Crippen LogP contribution in [0.3, 0.4) is 0 Å². The molecule has 0 bridgehead atoms. The van der Waals surface area contributed by atoms with Crippen molar-refractivity contribution < 1.29 is 9.53 Å². The largest absolute Gasteiger partial charge is 0.439 e. The first-order valence-corrected chi connectivity index (χ1v) is 5.50. The molecule has 1 aromatic carbocycles. The van der Waals surface area contributed by atoms with Crippen molar-refractivity contribution in [3.8, 4) is 0 Å². The van der Waals surface area contributed by atoms with Crippen molar-refractivity contribution in [2.24, 2.45) is 5.41 Å². The Labute approximate surface area is 95.8 Å². The van der Waals surface area contributed by atoms with Gasteiger partial charge < -0.3 is 10.1 Å². The Bertz CT molecular complexity index is 381. The minimum atomic E-state index is -0.325. The molecule has 0 saturated carbocycles. The van der Waals surface area contributed by atoms with Gasteiger partial charge in [0.2, 0.25) is 0 Å². The predicted octanol–water partition coefficient (Wildman–Crippen LogP) is 2.88. The Morgan fingerprint density at radius 3 is 2.38 bits per heavy atom. The number of alkyl carbamates (subject to hydrolysis) is 1. The molecule has 0 unspecified atom stereocenters. The van der Waals surface area contributed by atoms with Crippen LogP contribution in [0.4, 0.5) is 4.79 Å². The molecule has 1 aliphatic heterocycles. The van der Waals surface area contributed by atoms with Crippen molar-refractivity contribution in [2.45, 2.75) is 32.9 Å². The molecule has 1 fully saturated rings. The summed E-state index contributed by atoms with van der Waals surface area (Å²) >= 11 is 0. The van der Waals surface area contributed by atoms with Gasteiger partial charge in [-0.25, -0.2) is 4.79 Å². The van der Waals surface area contributed by atoms with Gasteiger partial charge in [0.25, 0.3) is 0 Å². The summed E-state index contributed by atoms with van der Waals surface area (Å²) in [6.45, 7) is 6.30. The van der Waals surface area contributed by atoms with Crippen molar-refractivity contribution in [2.75, 3.05) is 0 Å². The monoisotopic (exact) mass is 219 g/mol. The summed E-state index contributed by atoms with van der Waals surface area (Å²) in [6.07, 6.45) is -0.512. The molecule has 2 atom stereocenters. The summed E-state index contributed by atoms with van der Waals surface area (Å²) < 4.78 is 5.34. The Hall–Kier alpha value is -1.51. The van der Waals surface area contributed by atoms with E-state index in [1.165, 1.54) is 0 Å². The highest BCUT2D eigenvalue weighted by atomic mass is 16.6. The standard InChI is InChI=1S/C13H17NO2/c1-13(2,3)11-10(16-12(15)14-11)9-7-5-4-6-8-9/h4-8,10-11H,1-3H3,(H,14,15)/t10-,11+/m0/s1. The van der Waals surface area contributed by atoms with E-state index in [-0.39, 0.29) is 23.7 Å². The van der Waals surface area contributed by atoms with E-state index in [1.54, 1.807) is 0 Å². The van der Waals surface area contributed by atoms with Gasteiger partial charge in [-0.2, -0.15) is 0 Å². The molecule has 1 aromatic rings. The van der Waals surface area contributed by atoms with E-state index >= 15 is 0 Å². The maximum atomic E-state index is 11.4. The second kappa shape index (κ2) is 3.81. The van der Waals surface area contributed by atoms with Gasteiger partial charge in [0, 0.05) is 0 Å². The molecule has 3 heteroatoms. The second-order valence-corrected chi connectivity index (χ2v) is 5.22. The van der Waals surface area contributed by atoms with Crippen LogP contribution in [0.1, 0.15) is 32.4 Å². The maximum Gasteiger partial charge on any atom is 0.408 e. The zero-order valence-corrected chi connectivity index (χ0v) is 9.86. The highest BCUT2D eigenvalue weighted by Crippen LogP contribution is 2.36. The van der Waals surface area contributed by atoms with E-state index in [0.717, 1.165) is 5.56 Å². The zero-order valence-electron chi connectivity index (χ0n) is 9.86. The van der Waals surface area contributed by atoms with Crippen molar-refractivity contribution in [1.82, 2.24) is 5.32 Å². The lowest BCUT2D eigenvalue weighted by Crippen LogP contribution is -2.39. The molecule has 0 aromatic heterocycles. The first-order valence-electron chi connectivity index (χ1n) is 5.50. The quantitative estimate of drug-likeness (QED) is 0.788. The van der Waals surface area contributed by atoms with Gasteiger partial charge in [0.05, 0.1) is 6.04 Å². The van der Waals surface area contributed by atoms with Crippen LogP contribution in [0, 0.1) is 5.41 Å². The molecule has 1 N–H and O–H groups in total. The Morgan fingerprint density at radius 2 is 1.81 bits per heavy atom. The van der Waals surface area contributed by atoms with E-state index in [4.69, 9.17) is 4.74 Å². The molecule has 1 aliphatic rings. The minimum absolute atomic E-state index is 0.0161. The van der Waals surface area contributed by atoms with E-state index in [2.05, 4.69) is 26.1 Å². The van der Waals surface area contributed by atoms with Gasteiger partial charge in [0.15, 0.2) is 0 Å². The van der Waals surface area contributed by atoms with Crippen LogP contribution < -0.4 is 5.32 Å². The summed E-state index contributed by atoms with van der Waals surface area (Å²) in [4.78, 5) is 11.4. The smallest absolute Gasteiger partial charge is 0.408 e. The van der Waals surface area contributed by atoms with Gasteiger partial charge in [-0.3, -0.25) is 0 Å². The minimum Gasteiger partial charge on any atom is -0.439 e. The third-order valence-corrected chi connectivity index (χ3v) is 2.87. The van der Waals surface area contributed by atoms with Crippen molar-refractivity contribution in [3.63, 3.8) is 0 Å². The molecule has 1 amide bonds. The number of benzene rings is 1. The normalized spacial score (nSPS) is 25.1. The van der Waals surface area contributed by atoms with Crippen LogP contribution in [0.15, 0.2) is 30.3 Å². The number of amides is 1. The first kappa shape index (κ1) is 11.0. The van der Waals surface area contributed by atoms with Crippen molar-refractivity contribution >= 4 is 6.09 Å². The highest BCUT2D eigenvalue weighted by molar-refractivity contribution is 5.70. The molecule has 0 spiro atoms. The number of nitrogens with one attached hydrogen (secondary N) is 1. The number of hydrogen-bond acceptors (Lipinski definition) is 2. The van der Waals surface area contributed by atoms with Crippen LogP contribution in [-0.4, -0.2) is 12.1 Å². The first-order chi connectivity index (χ1) is 7.48. The van der Waals surface area contributed by atoms with Gasteiger partial charge in [-0.15, -0.1) is 0 Å². The van der Waals surface area contributed by atoms with Crippen molar-refractivity contribution in [1.29, 1.82) is 0 Å². The van der Waals surface area contributed by atoms with E-state index < -0.39 is 0 Å². The molecule has 3 nitrogen and oxygen atoms in total. The lowest BCUT2D eigenvalue weighted by molar-refractivity contribution is 0.111. The van der Waals surface area contributed by atoms with Gasteiger partial charge in [-0.1, -0.05) is 51.1 Å². The summed E-state index contributed by atoms with van der Waals surface area (Å²) in [5.41, 5.74) is 1.02. The Kier molecular flexibility index (Phi) is 2.62. The second-order valence-electron chi connectivity index (χ2n) is 5.22. The van der Waals surface area contributed by atoms with E-state index in [1.807, 2.05) is 30.3 Å². The number of carbonyl (C=O) groups excluding carboxylic acids is 1. The molecular formula is C13H17NO2. The molecule has 1 saturated heterocycles. The third kappa shape index (κ3) is 2.03. The fourth-order valence-corrected chi connectivity index (χ4v) is 1.99.